The van der Waals surface area contributed by atoms with E-state index in [1.807, 2.05) is 18.2 Å². The first kappa shape index (κ1) is 15.1. The smallest absolute Gasteiger partial charge is 0.402 e. The SMILES string of the molecule is CC1(C)OB(c2ccccc2C#N)OC(C)(C)C1(C)C. The van der Waals surface area contributed by atoms with Gasteiger partial charge in [-0.05, 0) is 33.8 Å². The lowest BCUT2D eigenvalue weighted by Crippen LogP contribution is -2.66. The van der Waals surface area contributed by atoms with Gasteiger partial charge >= 0.3 is 7.12 Å². The minimum atomic E-state index is -0.510. The van der Waals surface area contributed by atoms with Crippen molar-refractivity contribution in [2.24, 2.45) is 5.41 Å². The lowest BCUT2D eigenvalue weighted by atomic mass is 9.60. The van der Waals surface area contributed by atoms with E-state index in [0.29, 0.717) is 5.56 Å². The maximum atomic E-state index is 9.25. The number of rotatable bonds is 1. The molecule has 1 aromatic carbocycles. The number of nitrogens with zero attached hydrogens (tertiary/aromatic N) is 1. The summed E-state index contributed by atoms with van der Waals surface area (Å²) in [7, 11) is -0.510. The van der Waals surface area contributed by atoms with Crippen molar-refractivity contribution >= 4 is 12.6 Å². The molecular weight excluding hydrogens is 249 g/mol. The molecule has 0 spiro atoms. The van der Waals surface area contributed by atoms with E-state index in [0.717, 1.165) is 5.46 Å². The highest BCUT2D eigenvalue weighted by atomic mass is 16.6. The van der Waals surface area contributed by atoms with Gasteiger partial charge in [-0.1, -0.05) is 32.0 Å². The van der Waals surface area contributed by atoms with Gasteiger partial charge in [0.2, 0.25) is 0 Å². The highest BCUT2D eigenvalue weighted by molar-refractivity contribution is 6.62. The zero-order valence-electron chi connectivity index (χ0n) is 13.2. The molecule has 1 heterocycles. The van der Waals surface area contributed by atoms with Crippen molar-refractivity contribution in [3.05, 3.63) is 29.8 Å². The summed E-state index contributed by atoms with van der Waals surface area (Å²) in [5, 5.41) is 9.25. The highest BCUT2D eigenvalue weighted by Crippen LogP contribution is 2.48. The molecule has 0 unspecified atom stereocenters. The van der Waals surface area contributed by atoms with Gasteiger partial charge in [0.1, 0.15) is 0 Å². The summed E-state index contributed by atoms with van der Waals surface area (Å²) in [5.41, 5.74) is 0.526. The minimum Gasteiger partial charge on any atom is -0.402 e. The van der Waals surface area contributed by atoms with E-state index in [-0.39, 0.29) is 16.6 Å². The first-order chi connectivity index (χ1) is 9.12. The van der Waals surface area contributed by atoms with E-state index in [2.05, 4.69) is 47.6 Å². The van der Waals surface area contributed by atoms with Crippen LogP contribution in [0.15, 0.2) is 24.3 Å². The Hall–Kier alpha value is -1.31. The van der Waals surface area contributed by atoms with E-state index in [4.69, 9.17) is 9.31 Å². The zero-order valence-corrected chi connectivity index (χ0v) is 13.2. The maximum absolute atomic E-state index is 9.25. The van der Waals surface area contributed by atoms with E-state index in [9.17, 15) is 5.26 Å². The highest BCUT2D eigenvalue weighted by Gasteiger charge is 2.57. The molecule has 2 rings (SSSR count). The van der Waals surface area contributed by atoms with Crippen LogP contribution in [0.4, 0.5) is 0 Å². The van der Waals surface area contributed by atoms with E-state index in [1.54, 1.807) is 6.07 Å². The fourth-order valence-corrected chi connectivity index (χ4v) is 2.51. The van der Waals surface area contributed by atoms with E-state index >= 15 is 0 Å². The molecule has 0 amide bonds. The number of hydrogen-bond acceptors (Lipinski definition) is 3. The standard InChI is InChI=1S/C16H22BNO2/c1-14(2)15(3,4)19-17(20-16(14,5)6)13-10-8-7-9-12(13)11-18/h7-10H,1-6H3. The van der Waals surface area contributed by atoms with Gasteiger partial charge in [0.15, 0.2) is 0 Å². The van der Waals surface area contributed by atoms with Crippen LogP contribution in [0, 0.1) is 16.7 Å². The topological polar surface area (TPSA) is 42.2 Å². The summed E-state index contributed by atoms with van der Waals surface area (Å²) in [6, 6.07) is 9.66. The predicted molar refractivity (Wildman–Crippen MR) is 80.7 cm³/mol. The molecule has 0 saturated carbocycles. The van der Waals surface area contributed by atoms with Crippen molar-refractivity contribution in [3.8, 4) is 6.07 Å². The van der Waals surface area contributed by atoms with Gasteiger partial charge < -0.3 is 9.31 Å². The number of nitriles is 1. The molecule has 0 radical (unpaired) electrons. The Morgan fingerprint density at radius 2 is 1.45 bits per heavy atom. The molecule has 1 aliphatic heterocycles. The lowest BCUT2D eigenvalue weighted by Gasteiger charge is -2.57. The molecule has 0 bridgehead atoms. The molecule has 1 fully saturated rings. The molecule has 4 heteroatoms. The molecule has 0 N–H and O–H groups in total. The average Bonchev–Trinajstić information content (AvgIpc) is 2.35. The Balaban J connectivity index is 2.45. The Labute approximate surface area is 122 Å². The largest absolute Gasteiger partial charge is 0.496 e. The molecule has 20 heavy (non-hydrogen) atoms. The summed E-state index contributed by atoms with van der Waals surface area (Å²) in [4.78, 5) is 0. The second-order valence-electron chi connectivity index (χ2n) is 6.91. The van der Waals surface area contributed by atoms with Crippen LogP contribution in [-0.4, -0.2) is 18.3 Å². The van der Waals surface area contributed by atoms with Crippen molar-refractivity contribution in [2.75, 3.05) is 0 Å². The van der Waals surface area contributed by atoms with Crippen molar-refractivity contribution < 1.29 is 9.31 Å². The van der Waals surface area contributed by atoms with Gasteiger partial charge in [0, 0.05) is 10.9 Å². The average molecular weight is 271 g/mol. The summed E-state index contributed by atoms with van der Waals surface area (Å²) in [6.45, 7) is 12.6. The van der Waals surface area contributed by atoms with Crippen LogP contribution in [0.5, 0.6) is 0 Å². The zero-order chi connectivity index (χ0) is 15.2. The molecule has 3 nitrogen and oxygen atoms in total. The monoisotopic (exact) mass is 271 g/mol. The molecule has 1 aromatic rings. The predicted octanol–water partition coefficient (Wildman–Crippen LogP) is 2.88. The Kier molecular flexibility index (Phi) is 3.48. The van der Waals surface area contributed by atoms with Gasteiger partial charge in [0.25, 0.3) is 0 Å². The molecule has 0 atom stereocenters. The van der Waals surface area contributed by atoms with Crippen LogP contribution in [0.3, 0.4) is 0 Å². The van der Waals surface area contributed by atoms with Gasteiger partial charge in [-0.3, -0.25) is 0 Å². The van der Waals surface area contributed by atoms with Crippen molar-refractivity contribution in [2.45, 2.75) is 52.7 Å². The third kappa shape index (κ3) is 2.15. The maximum Gasteiger partial charge on any atom is 0.496 e. The number of benzene rings is 1. The molecule has 1 aliphatic rings. The van der Waals surface area contributed by atoms with Crippen LogP contribution in [0.1, 0.15) is 47.1 Å². The molecule has 0 aliphatic carbocycles. The van der Waals surface area contributed by atoms with Gasteiger partial charge in [-0.2, -0.15) is 5.26 Å². The van der Waals surface area contributed by atoms with Crippen molar-refractivity contribution in [3.63, 3.8) is 0 Å². The fraction of sp³-hybridized carbons (Fsp3) is 0.562. The Bertz CT molecular complexity index is 538. The molecular formula is C16H22BNO2. The number of hydrogen-bond donors (Lipinski definition) is 0. The van der Waals surface area contributed by atoms with E-state index in [1.165, 1.54) is 0 Å². The molecule has 0 aromatic heterocycles. The fourth-order valence-electron chi connectivity index (χ4n) is 2.51. The van der Waals surface area contributed by atoms with E-state index < -0.39 is 7.12 Å². The van der Waals surface area contributed by atoms with Gasteiger partial charge in [-0.25, -0.2) is 0 Å². The summed E-state index contributed by atoms with van der Waals surface area (Å²) in [6.07, 6.45) is 0. The first-order valence-electron chi connectivity index (χ1n) is 6.97. The molecule has 106 valence electrons. The third-order valence-electron chi connectivity index (χ3n) is 5.15. The Morgan fingerprint density at radius 1 is 0.950 bits per heavy atom. The summed E-state index contributed by atoms with van der Waals surface area (Å²) in [5.74, 6) is 0. The summed E-state index contributed by atoms with van der Waals surface area (Å²) >= 11 is 0. The van der Waals surface area contributed by atoms with Crippen LogP contribution in [0.25, 0.3) is 0 Å². The van der Waals surface area contributed by atoms with Gasteiger partial charge in [-0.15, -0.1) is 0 Å². The Morgan fingerprint density at radius 3 is 1.95 bits per heavy atom. The van der Waals surface area contributed by atoms with Crippen molar-refractivity contribution in [1.29, 1.82) is 5.26 Å². The van der Waals surface area contributed by atoms with Crippen LogP contribution in [0.2, 0.25) is 0 Å². The normalized spacial score (nSPS) is 23.1. The third-order valence-corrected chi connectivity index (χ3v) is 5.15. The van der Waals surface area contributed by atoms with Gasteiger partial charge in [0.05, 0.1) is 22.8 Å². The minimum absolute atomic E-state index is 0.155. The quantitative estimate of drug-likeness (QED) is 0.737. The van der Waals surface area contributed by atoms with Crippen LogP contribution < -0.4 is 5.46 Å². The summed E-state index contributed by atoms with van der Waals surface area (Å²) < 4.78 is 12.4. The second-order valence-corrected chi connectivity index (χ2v) is 6.91. The lowest BCUT2D eigenvalue weighted by molar-refractivity contribution is -0.179. The van der Waals surface area contributed by atoms with Crippen LogP contribution in [-0.2, 0) is 9.31 Å². The molecule has 1 saturated heterocycles. The van der Waals surface area contributed by atoms with Crippen molar-refractivity contribution in [1.82, 2.24) is 0 Å². The second kappa shape index (κ2) is 4.61. The first-order valence-corrected chi connectivity index (χ1v) is 6.97. The van der Waals surface area contributed by atoms with Crippen LogP contribution >= 0.6 is 0 Å².